The second-order valence-corrected chi connectivity index (χ2v) is 2.88. The number of hydrogen-bond donors (Lipinski definition) is 0. The van der Waals surface area contributed by atoms with Crippen LogP contribution < -0.4 is 4.74 Å². The summed E-state index contributed by atoms with van der Waals surface area (Å²) in [5, 5.41) is 0. The Hall–Kier alpha value is -1.31. The van der Waals surface area contributed by atoms with Crippen molar-refractivity contribution in [1.29, 1.82) is 0 Å². The first-order valence-corrected chi connectivity index (χ1v) is 3.88. The van der Waals surface area contributed by atoms with Crippen molar-refractivity contribution in [2.45, 2.75) is 19.8 Å². The van der Waals surface area contributed by atoms with Gasteiger partial charge in [-0.15, -0.1) is 0 Å². The Kier molecular flexibility index (Phi) is 2.86. The Balaban J connectivity index is 2.99. The minimum atomic E-state index is 0.356. The van der Waals surface area contributed by atoms with Crippen LogP contribution in [0.15, 0.2) is 24.3 Å². The second kappa shape index (κ2) is 3.90. The molecule has 63 valence electrons. The fraction of sp³-hybridized carbons (Fsp3) is 0.300. The van der Waals surface area contributed by atoms with Crippen LogP contribution in [-0.4, -0.2) is 6.47 Å². The lowest BCUT2D eigenvalue weighted by molar-refractivity contribution is 0.438. The number of rotatable bonds is 3. The van der Waals surface area contributed by atoms with Gasteiger partial charge in [0.1, 0.15) is 5.75 Å². The maximum absolute atomic E-state index is 10.0. The van der Waals surface area contributed by atoms with Gasteiger partial charge in [-0.2, -0.15) is 0 Å². The smallest absolute Gasteiger partial charge is 0.418 e. The second-order valence-electron chi connectivity index (χ2n) is 2.88. The molecule has 0 N–H and O–H groups in total. The zero-order valence-corrected chi connectivity index (χ0v) is 7.20. The van der Waals surface area contributed by atoms with Crippen LogP contribution in [0.1, 0.15) is 25.3 Å². The number of ether oxygens (including phenoxy) is 1. The van der Waals surface area contributed by atoms with Gasteiger partial charge in [0, 0.05) is 0 Å². The molecular formula is C10H11O2. The van der Waals surface area contributed by atoms with Crippen LogP contribution >= 0.6 is 0 Å². The molecule has 0 fully saturated rings. The predicted molar refractivity (Wildman–Crippen MR) is 46.9 cm³/mol. The van der Waals surface area contributed by atoms with E-state index in [4.69, 9.17) is 4.74 Å². The van der Waals surface area contributed by atoms with Crippen molar-refractivity contribution in [3.63, 3.8) is 0 Å². The highest BCUT2D eigenvalue weighted by atomic mass is 16.5. The van der Waals surface area contributed by atoms with E-state index in [2.05, 4.69) is 0 Å². The van der Waals surface area contributed by atoms with Gasteiger partial charge in [-0.3, -0.25) is 0 Å². The summed E-state index contributed by atoms with van der Waals surface area (Å²) < 4.78 is 4.69. The molecule has 0 spiro atoms. The number of para-hydroxylation sites is 1. The Morgan fingerprint density at radius 3 is 2.58 bits per heavy atom. The summed E-state index contributed by atoms with van der Waals surface area (Å²) >= 11 is 0. The molecule has 12 heavy (non-hydrogen) atoms. The van der Waals surface area contributed by atoms with E-state index in [1.54, 1.807) is 6.07 Å². The topological polar surface area (TPSA) is 26.3 Å². The highest BCUT2D eigenvalue weighted by Gasteiger charge is 2.05. The molecule has 0 saturated carbocycles. The Labute approximate surface area is 72.2 Å². The molecule has 2 nitrogen and oxygen atoms in total. The lowest BCUT2D eigenvalue weighted by Gasteiger charge is -2.08. The van der Waals surface area contributed by atoms with Crippen LogP contribution in [0, 0.1) is 0 Å². The first kappa shape index (κ1) is 8.78. The molecule has 0 aliphatic heterocycles. The van der Waals surface area contributed by atoms with E-state index in [0.717, 1.165) is 5.56 Å². The largest absolute Gasteiger partial charge is 0.423 e. The van der Waals surface area contributed by atoms with E-state index >= 15 is 0 Å². The number of carbonyl (C=O) groups excluding carboxylic acids is 1. The van der Waals surface area contributed by atoms with Crippen LogP contribution in [0.25, 0.3) is 0 Å². The number of benzene rings is 1. The third-order valence-corrected chi connectivity index (χ3v) is 1.69. The molecule has 0 heterocycles. The molecule has 1 rings (SSSR count). The maximum atomic E-state index is 10.0. The lowest BCUT2D eigenvalue weighted by Crippen LogP contribution is -1.95. The molecule has 0 aliphatic carbocycles. The SMILES string of the molecule is CC(C)c1ccccc1O[C]=O. The normalized spacial score (nSPS) is 9.92. The average molecular weight is 163 g/mol. The van der Waals surface area contributed by atoms with Gasteiger partial charge in [-0.1, -0.05) is 32.0 Å². The van der Waals surface area contributed by atoms with Crippen molar-refractivity contribution in [3.8, 4) is 5.75 Å². The molecule has 0 amide bonds. The van der Waals surface area contributed by atoms with Crippen LogP contribution in [-0.2, 0) is 4.79 Å². The molecule has 2 heteroatoms. The first-order valence-electron chi connectivity index (χ1n) is 3.88. The van der Waals surface area contributed by atoms with Crippen molar-refractivity contribution >= 4 is 6.47 Å². The summed E-state index contributed by atoms with van der Waals surface area (Å²) in [6, 6.07) is 7.46. The molecule has 1 radical (unpaired) electrons. The lowest BCUT2D eigenvalue weighted by atomic mass is 10.0. The quantitative estimate of drug-likeness (QED) is 0.683. The predicted octanol–water partition coefficient (Wildman–Crippen LogP) is 2.26. The van der Waals surface area contributed by atoms with Gasteiger partial charge >= 0.3 is 6.47 Å². The average Bonchev–Trinajstić information content (AvgIpc) is 2.05. The van der Waals surface area contributed by atoms with Gasteiger partial charge in [-0.05, 0) is 17.5 Å². The summed E-state index contributed by atoms with van der Waals surface area (Å²) in [7, 11) is 0. The molecule has 0 unspecified atom stereocenters. The molecule has 1 aromatic rings. The van der Waals surface area contributed by atoms with Gasteiger partial charge in [0.15, 0.2) is 0 Å². The summed E-state index contributed by atoms with van der Waals surface area (Å²) in [4.78, 5) is 10.0. The van der Waals surface area contributed by atoms with Crippen molar-refractivity contribution < 1.29 is 9.53 Å². The molecule has 0 aliphatic rings. The van der Waals surface area contributed by atoms with Crippen molar-refractivity contribution in [1.82, 2.24) is 0 Å². The van der Waals surface area contributed by atoms with E-state index in [9.17, 15) is 4.79 Å². The van der Waals surface area contributed by atoms with Gasteiger partial charge in [0.2, 0.25) is 0 Å². The first-order chi connectivity index (χ1) is 5.75. The molecule has 0 bridgehead atoms. The van der Waals surface area contributed by atoms with Crippen LogP contribution in [0.3, 0.4) is 0 Å². The van der Waals surface area contributed by atoms with E-state index < -0.39 is 0 Å². The fourth-order valence-corrected chi connectivity index (χ4v) is 1.10. The third-order valence-electron chi connectivity index (χ3n) is 1.69. The van der Waals surface area contributed by atoms with Crippen molar-refractivity contribution in [3.05, 3.63) is 29.8 Å². The fourth-order valence-electron chi connectivity index (χ4n) is 1.10. The highest BCUT2D eigenvalue weighted by Crippen LogP contribution is 2.25. The Morgan fingerprint density at radius 2 is 2.00 bits per heavy atom. The van der Waals surface area contributed by atoms with Crippen LogP contribution in [0.2, 0.25) is 0 Å². The summed E-state index contributed by atoms with van der Waals surface area (Å²) in [6.07, 6.45) is 0. The third kappa shape index (κ3) is 1.84. The van der Waals surface area contributed by atoms with E-state index in [0.29, 0.717) is 11.7 Å². The van der Waals surface area contributed by atoms with E-state index in [-0.39, 0.29) is 0 Å². The van der Waals surface area contributed by atoms with E-state index in [1.165, 1.54) is 6.47 Å². The summed E-state index contributed by atoms with van der Waals surface area (Å²) in [5.74, 6) is 0.956. The van der Waals surface area contributed by atoms with Crippen molar-refractivity contribution in [2.24, 2.45) is 0 Å². The Bertz CT molecular complexity index is 266. The maximum Gasteiger partial charge on any atom is 0.423 e. The molecule has 0 aromatic heterocycles. The number of hydrogen-bond acceptors (Lipinski definition) is 2. The highest BCUT2D eigenvalue weighted by molar-refractivity contribution is 5.49. The van der Waals surface area contributed by atoms with Crippen molar-refractivity contribution in [2.75, 3.05) is 0 Å². The van der Waals surface area contributed by atoms with Crippen LogP contribution in [0.5, 0.6) is 5.75 Å². The van der Waals surface area contributed by atoms with Gasteiger partial charge in [0.05, 0.1) is 0 Å². The molecular weight excluding hydrogens is 152 g/mol. The van der Waals surface area contributed by atoms with Gasteiger partial charge < -0.3 is 4.74 Å². The zero-order chi connectivity index (χ0) is 8.97. The minimum absolute atomic E-state index is 0.356. The van der Waals surface area contributed by atoms with Gasteiger partial charge in [-0.25, -0.2) is 4.79 Å². The van der Waals surface area contributed by atoms with Crippen LogP contribution in [0.4, 0.5) is 0 Å². The zero-order valence-electron chi connectivity index (χ0n) is 7.20. The molecule has 0 saturated heterocycles. The summed E-state index contributed by atoms with van der Waals surface area (Å²) in [5.41, 5.74) is 1.03. The Morgan fingerprint density at radius 1 is 1.33 bits per heavy atom. The summed E-state index contributed by atoms with van der Waals surface area (Å²) in [6.45, 7) is 5.53. The minimum Gasteiger partial charge on any atom is -0.418 e. The van der Waals surface area contributed by atoms with E-state index in [1.807, 2.05) is 32.0 Å². The molecule has 1 aromatic carbocycles. The molecule has 0 atom stereocenters. The standard InChI is InChI=1S/C10H11O2/c1-8(2)9-5-3-4-6-10(9)12-7-11/h3-6,8H,1-2H3. The van der Waals surface area contributed by atoms with Gasteiger partial charge in [0.25, 0.3) is 0 Å². The monoisotopic (exact) mass is 163 g/mol.